The van der Waals surface area contributed by atoms with Gasteiger partial charge >= 0.3 is 5.97 Å². The number of hydrogen-bond donors (Lipinski definition) is 0. The molecule has 0 bridgehead atoms. The predicted molar refractivity (Wildman–Crippen MR) is 68.6 cm³/mol. The minimum absolute atomic E-state index is 0.0184. The quantitative estimate of drug-likeness (QED) is 0.775. The number of ether oxygens (including phenoxy) is 1. The number of aromatic nitrogens is 1. The van der Waals surface area contributed by atoms with E-state index in [4.69, 9.17) is 10.00 Å². The molecule has 2 rings (SSSR count). The highest BCUT2D eigenvalue weighted by molar-refractivity contribution is 7.14. The van der Waals surface area contributed by atoms with Gasteiger partial charge in [0, 0.05) is 18.3 Å². The Balaban J connectivity index is 1.96. The lowest BCUT2D eigenvalue weighted by Crippen LogP contribution is -2.23. The summed E-state index contributed by atoms with van der Waals surface area (Å²) in [6.45, 7) is 2.19. The third-order valence-corrected chi connectivity index (χ3v) is 3.57. The van der Waals surface area contributed by atoms with E-state index in [0.29, 0.717) is 23.8 Å². The van der Waals surface area contributed by atoms with Crippen LogP contribution in [0.4, 0.5) is 5.13 Å². The van der Waals surface area contributed by atoms with Crippen molar-refractivity contribution in [2.45, 2.75) is 32.3 Å². The van der Waals surface area contributed by atoms with Crippen LogP contribution in [0.25, 0.3) is 0 Å². The number of rotatable bonds is 4. The summed E-state index contributed by atoms with van der Waals surface area (Å²) in [7, 11) is 0. The highest BCUT2D eigenvalue weighted by atomic mass is 32.1. The maximum absolute atomic E-state index is 11.6. The largest absolute Gasteiger partial charge is 0.447 e. The molecule has 2 heterocycles. The molecular weight excluding hydrogens is 266 g/mol. The second kappa shape index (κ2) is 5.80. The summed E-state index contributed by atoms with van der Waals surface area (Å²) in [4.78, 5) is 28.9. The van der Waals surface area contributed by atoms with Gasteiger partial charge in [0.25, 0.3) is 0 Å². The number of carbonyl (C=O) groups excluding carboxylic acids is 2. The Morgan fingerprint density at radius 2 is 2.53 bits per heavy atom. The van der Waals surface area contributed by atoms with Crippen LogP contribution in [0, 0.1) is 11.3 Å². The normalized spacial score (nSPS) is 16.2. The number of anilines is 1. The van der Waals surface area contributed by atoms with E-state index in [1.807, 2.05) is 6.07 Å². The van der Waals surface area contributed by atoms with Crippen molar-refractivity contribution in [1.29, 1.82) is 5.26 Å². The molecule has 1 amide bonds. The lowest BCUT2D eigenvalue weighted by molar-refractivity contribution is -0.145. The van der Waals surface area contributed by atoms with Crippen molar-refractivity contribution >= 4 is 28.3 Å². The Hall–Kier alpha value is -1.94. The fourth-order valence-corrected chi connectivity index (χ4v) is 2.63. The second-order valence-corrected chi connectivity index (χ2v) is 5.04. The summed E-state index contributed by atoms with van der Waals surface area (Å²) >= 11 is 1.34. The molecule has 0 spiro atoms. The van der Waals surface area contributed by atoms with Gasteiger partial charge in [-0.05, 0) is 13.3 Å². The summed E-state index contributed by atoms with van der Waals surface area (Å²) in [6.07, 6.45) is 0.655. The fourth-order valence-electron chi connectivity index (χ4n) is 1.76. The second-order valence-electron chi connectivity index (χ2n) is 4.21. The van der Waals surface area contributed by atoms with Gasteiger partial charge in [0.05, 0.1) is 12.1 Å². The highest BCUT2D eigenvalue weighted by Gasteiger charge is 2.24. The van der Waals surface area contributed by atoms with Crippen LogP contribution >= 0.6 is 11.3 Å². The first-order chi connectivity index (χ1) is 9.10. The lowest BCUT2D eigenvalue weighted by atomic mass is 10.3. The van der Waals surface area contributed by atoms with E-state index in [9.17, 15) is 9.59 Å². The minimum Gasteiger partial charge on any atom is -0.447 e. The van der Waals surface area contributed by atoms with E-state index in [1.165, 1.54) is 18.3 Å². The van der Waals surface area contributed by atoms with Crippen LogP contribution in [0.15, 0.2) is 5.38 Å². The molecule has 1 aromatic rings. The van der Waals surface area contributed by atoms with Crippen LogP contribution in [0.1, 0.15) is 25.5 Å². The van der Waals surface area contributed by atoms with Gasteiger partial charge in [-0.1, -0.05) is 0 Å². The van der Waals surface area contributed by atoms with Gasteiger partial charge in [0.2, 0.25) is 5.91 Å². The van der Waals surface area contributed by atoms with Crippen molar-refractivity contribution in [2.24, 2.45) is 0 Å². The van der Waals surface area contributed by atoms with E-state index in [0.717, 1.165) is 6.42 Å². The third kappa shape index (κ3) is 3.29. The van der Waals surface area contributed by atoms with Gasteiger partial charge in [0.15, 0.2) is 11.2 Å². The van der Waals surface area contributed by atoms with Gasteiger partial charge in [-0.3, -0.25) is 14.5 Å². The van der Waals surface area contributed by atoms with Crippen LogP contribution in [-0.2, 0) is 20.7 Å². The fraction of sp³-hybridized carbons (Fsp3) is 0.500. The predicted octanol–water partition coefficient (Wildman–Crippen LogP) is 1.27. The zero-order chi connectivity index (χ0) is 13.8. The van der Waals surface area contributed by atoms with Crippen LogP contribution in [-0.4, -0.2) is 29.5 Å². The highest BCUT2D eigenvalue weighted by Crippen LogP contribution is 2.25. The Kier molecular flexibility index (Phi) is 4.12. The van der Waals surface area contributed by atoms with Gasteiger partial charge in [-0.25, -0.2) is 4.98 Å². The molecule has 1 aliphatic heterocycles. The lowest BCUT2D eigenvalue weighted by Gasteiger charge is -2.10. The average molecular weight is 279 g/mol. The van der Waals surface area contributed by atoms with E-state index >= 15 is 0 Å². The van der Waals surface area contributed by atoms with E-state index in [-0.39, 0.29) is 12.3 Å². The monoisotopic (exact) mass is 279 g/mol. The summed E-state index contributed by atoms with van der Waals surface area (Å²) in [5.74, 6) is -0.416. The van der Waals surface area contributed by atoms with Crippen molar-refractivity contribution in [3.63, 3.8) is 0 Å². The molecule has 6 nitrogen and oxygen atoms in total. The first kappa shape index (κ1) is 13.5. The van der Waals surface area contributed by atoms with Gasteiger partial charge in [-0.2, -0.15) is 5.26 Å². The summed E-state index contributed by atoms with van der Waals surface area (Å²) in [5.41, 5.74) is 0.565. The van der Waals surface area contributed by atoms with Crippen LogP contribution in [0.3, 0.4) is 0 Å². The summed E-state index contributed by atoms with van der Waals surface area (Å²) in [5, 5.41) is 10.9. The Morgan fingerprint density at radius 3 is 3.16 bits per heavy atom. The summed E-state index contributed by atoms with van der Waals surface area (Å²) < 4.78 is 4.84. The van der Waals surface area contributed by atoms with E-state index in [2.05, 4.69) is 4.98 Å². The molecule has 0 aromatic carbocycles. The molecular formula is C12H13N3O3S. The SMILES string of the molecule is CC(C#N)OC(=O)Cc1csc(N2CCCC2=O)n1. The van der Waals surface area contributed by atoms with Gasteiger partial charge in [0.1, 0.15) is 6.07 Å². The zero-order valence-corrected chi connectivity index (χ0v) is 11.3. The number of thiazole rings is 1. The molecule has 0 aliphatic carbocycles. The number of nitriles is 1. The molecule has 0 radical (unpaired) electrons. The van der Waals surface area contributed by atoms with Crippen molar-refractivity contribution in [1.82, 2.24) is 4.98 Å². The summed E-state index contributed by atoms with van der Waals surface area (Å²) in [6, 6.07) is 1.82. The molecule has 1 aliphatic rings. The maximum atomic E-state index is 11.6. The third-order valence-electron chi connectivity index (χ3n) is 2.66. The van der Waals surface area contributed by atoms with E-state index in [1.54, 1.807) is 10.3 Å². The first-order valence-corrected chi connectivity index (χ1v) is 6.82. The number of amides is 1. The van der Waals surface area contributed by atoms with Crippen molar-refractivity contribution in [2.75, 3.05) is 11.4 Å². The molecule has 100 valence electrons. The molecule has 1 aromatic heterocycles. The molecule has 0 N–H and O–H groups in total. The van der Waals surface area contributed by atoms with Gasteiger partial charge < -0.3 is 4.74 Å². The molecule has 1 atom stereocenters. The molecule has 7 heteroatoms. The van der Waals surface area contributed by atoms with Crippen molar-refractivity contribution in [3.8, 4) is 6.07 Å². The van der Waals surface area contributed by atoms with E-state index < -0.39 is 12.1 Å². The Labute approximate surface area is 114 Å². The number of esters is 1. The van der Waals surface area contributed by atoms with Crippen molar-refractivity contribution in [3.05, 3.63) is 11.1 Å². The van der Waals surface area contributed by atoms with Crippen LogP contribution in [0.5, 0.6) is 0 Å². The Morgan fingerprint density at radius 1 is 1.74 bits per heavy atom. The van der Waals surface area contributed by atoms with Crippen LogP contribution in [0.2, 0.25) is 0 Å². The Bertz CT molecular complexity index is 535. The molecule has 1 saturated heterocycles. The number of carbonyl (C=O) groups is 2. The number of nitrogens with zero attached hydrogens (tertiary/aromatic N) is 3. The van der Waals surface area contributed by atoms with Crippen molar-refractivity contribution < 1.29 is 14.3 Å². The molecule has 19 heavy (non-hydrogen) atoms. The molecule has 1 unspecified atom stereocenters. The maximum Gasteiger partial charge on any atom is 0.313 e. The minimum atomic E-state index is -0.759. The topological polar surface area (TPSA) is 83.3 Å². The van der Waals surface area contributed by atoms with Crippen LogP contribution < -0.4 is 4.90 Å². The molecule has 1 fully saturated rings. The standard InChI is InChI=1S/C12H13N3O3S/c1-8(6-13)18-11(17)5-9-7-19-12(14-9)15-4-2-3-10(15)16/h7-8H,2-5H2,1H3. The van der Waals surface area contributed by atoms with Gasteiger partial charge in [-0.15, -0.1) is 11.3 Å². The first-order valence-electron chi connectivity index (χ1n) is 5.94. The number of hydrogen-bond acceptors (Lipinski definition) is 6. The average Bonchev–Trinajstić information content (AvgIpc) is 2.97. The zero-order valence-electron chi connectivity index (χ0n) is 10.5. The smallest absolute Gasteiger partial charge is 0.313 e. The molecule has 0 saturated carbocycles.